The van der Waals surface area contributed by atoms with Gasteiger partial charge in [-0.2, -0.15) is 0 Å². The van der Waals surface area contributed by atoms with Crippen LogP contribution in [0.25, 0.3) is 0 Å². The maximum atomic E-state index is 9.40. The summed E-state index contributed by atoms with van der Waals surface area (Å²) < 4.78 is 1.60. The van der Waals surface area contributed by atoms with Gasteiger partial charge in [0, 0.05) is 13.0 Å². The highest BCUT2D eigenvalue weighted by Gasteiger charge is 2.20. The van der Waals surface area contributed by atoms with Crippen LogP contribution in [0.2, 0.25) is 0 Å². The van der Waals surface area contributed by atoms with E-state index in [0.29, 0.717) is 0 Å². The summed E-state index contributed by atoms with van der Waals surface area (Å²) in [5, 5.41) is 20.5. The van der Waals surface area contributed by atoms with Crippen molar-refractivity contribution >= 4 is 0 Å². The molecule has 0 aliphatic rings. The van der Waals surface area contributed by atoms with Crippen LogP contribution in [-0.2, 0) is 7.05 Å². The second kappa shape index (κ2) is 3.62. The lowest BCUT2D eigenvalue weighted by atomic mass is 10.0. The highest BCUT2D eigenvalue weighted by Crippen LogP contribution is 2.19. The lowest BCUT2D eigenvalue weighted by Crippen LogP contribution is -2.18. The highest BCUT2D eigenvalue weighted by atomic mass is 16.3. The number of aromatic nitrogens is 4. The summed E-state index contributed by atoms with van der Waals surface area (Å²) in [6.07, 6.45) is 0.436. The van der Waals surface area contributed by atoms with Gasteiger partial charge in [-0.15, -0.1) is 5.10 Å². The van der Waals surface area contributed by atoms with Crippen molar-refractivity contribution < 1.29 is 5.11 Å². The first-order valence-corrected chi connectivity index (χ1v) is 4.07. The van der Waals surface area contributed by atoms with Gasteiger partial charge in [-0.05, 0) is 23.8 Å². The zero-order valence-corrected chi connectivity index (χ0v) is 7.60. The number of tetrazole rings is 1. The predicted octanol–water partition coefficient (Wildman–Crippen LogP) is 0.0845. The van der Waals surface area contributed by atoms with Crippen LogP contribution in [0.5, 0.6) is 0 Å². The Morgan fingerprint density at radius 2 is 2.25 bits per heavy atom. The highest BCUT2D eigenvalue weighted by molar-refractivity contribution is 4.94. The summed E-state index contributed by atoms with van der Waals surface area (Å²) in [7, 11) is 1.78. The zero-order valence-electron chi connectivity index (χ0n) is 7.60. The molecule has 1 rings (SSSR count). The molecule has 5 heteroatoms. The molecule has 0 saturated heterocycles. The molecule has 1 heterocycles. The van der Waals surface area contributed by atoms with Crippen molar-refractivity contribution in [2.24, 2.45) is 7.05 Å². The number of aryl methyl sites for hydroxylation is 1. The molecule has 12 heavy (non-hydrogen) atoms. The van der Waals surface area contributed by atoms with Crippen LogP contribution in [0.3, 0.4) is 0 Å². The van der Waals surface area contributed by atoms with Crippen LogP contribution in [0.15, 0.2) is 0 Å². The van der Waals surface area contributed by atoms with E-state index >= 15 is 0 Å². The molecule has 0 bridgehead atoms. The summed E-state index contributed by atoms with van der Waals surface area (Å²) >= 11 is 0. The molecule has 0 radical (unpaired) electrons. The minimum absolute atomic E-state index is 0.0324. The molecule has 2 unspecified atom stereocenters. The summed E-state index contributed by atoms with van der Waals surface area (Å²) in [5.74, 6) is 0.775. The number of aliphatic hydroxyl groups excluding tert-OH is 1. The van der Waals surface area contributed by atoms with Crippen molar-refractivity contribution in [1.29, 1.82) is 0 Å². The molecule has 0 spiro atoms. The van der Waals surface area contributed by atoms with Gasteiger partial charge in [0.2, 0.25) is 0 Å². The van der Waals surface area contributed by atoms with Crippen LogP contribution in [0.1, 0.15) is 32.0 Å². The van der Waals surface area contributed by atoms with Crippen LogP contribution >= 0.6 is 0 Å². The second-order valence-corrected chi connectivity index (χ2v) is 2.92. The number of hydrogen-bond donors (Lipinski definition) is 1. The van der Waals surface area contributed by atoms with Crippen LogP contribution in [0, 0.1) is 0 Å². The Morgan fingerprint density at radius 1 is 1.58 bits per heavy atom. The van der Waals surface area contributed by atoms with Gasteiger partial charge in [-0.25, -0.2) is 4.68 Å². The molecule has 0 saturated carbocycles. The van der Waals surface area contributed by atoms with Crippen molar-refractivity contribution in [2.75, 3.05) is 0 Å². The second-order valence-electron chi connectivity index (χ2n) is 2.92. The smallest absolute Gasteiger partial charge is 0.156 e. The van der Waals surface area contributed by atoms with Gasteiger partial charge in [0.25, 0.3) is 0 Å². The molecular weight excluding hydrogens is 156 g/mol. The molecule has 1 N–H and O–H groups in total. The van der Waals surface area contributed by atoms with E-state index < -0.39 is 6.10 Å². The Bertz CT molecular complexity index is 245. The van der Waals surface area contributed by atoms with Crippen LogP contribution in [-0.4, -0.2) is 31.4 Å². The molecule has 1 aromatic heterocycles. The Balaban J connectivity index is 2.87. The van der Waals surface area contributed by atoms with E-state index in [0.717, 1.165) is 12.2 Å². The summed E-state index contributed by atoms with van der Waals surface area (Å²) in [6, 6.07) is 0. The van der Waals surface area contributed by atoms with Crippen LogP contribution in [0.4, 0.5) is 0 Å². The quantitative estimate of drug-likeness (QED) is 0.698. The molecule has 0 aromatic carbocycles. The zero-order chi connectivity index (χ0) is 9.14. The van der Waals surface area contributed by atoms with Crippen molar-refractivity contribution in [1.82, 2.24) is 20.2 Å². The first-order chi connectivity index (χ1) is 5.66. The molecule has 0 aliphatic carbocycles. The monoisotopic (exact) mass is 170 g/mol. The Labute approximate surface area is 71.4 Å². The van der Waals surface area contributed by atoms with Gasteiger partial charge in [0.15, 0.2) is 5.82 Å². The Hall–Kier alpha value is -0.970. The SMILES string of the molecule is CCC(c1nnnn1C)C(C)O. The molecule has 0 fully saturated rings. The maximum absolute atomic E-state index is 9.40. The lowest BCUT2D eigenvalue weighted by molar-refractivity contribution is 0.154. The van der Waals surface area contributed by atoms with E-state index in [1.165, 1.54) is 0 Å². The van der Waals surface area contributed by atoms with Crippen molar-refractivity contribution in [3.8, 4) is 0 Å². The number of aliphatic hydroxyl groups is 1. The fourth-order valence-electron chi connectivity index (χ4n) is 1.29. The van der Waals surface area contributed by atoms with Gasteiger partial charge < -0.3 is 5.11 Å². The first kappa shape index (κ1) is 9.12. The van der Waals surface area contributed by atoms with Gasteiger partial charge in [-0.3, -0.25) is 0 Å². The lowest BCUT2D eigenvalue weighted by Gasteiger charge is -2.15. The largest absolute Gasteiger partial charge is 0.393 e. The number of rotatable bonds is 3. The molecule has 68 valence electrons. The van der Waals surface area contributed by atoms with Crippen molar-refractivity contribution in [2.45, 2.75) is 32.3 Å². The fraction of sp³-hybridized carbons (Fsp3) is 0.857. The molecule has 1 aromatic rings. The standard InChI is InChI=1S/C7H14N4O/c1-4-6(5(2)12)7-8-9-10-11(7)3/h5-6,12H,4H2,1-3H3. The molecule has 0 amide bonds. The first-order valence-electron chi connectivity index (χ1n) is 4.07. The summed E-state index contributed by atoms with van der Waals surface area (Å²) in [5.41, 5.74) is 0. The predicted molar refractivity (Wildman–Crippen MR) is 43.5 cm³/mol. The summed E-state index contributed by atoms with van der Waals surface area (Å²) in [6.45, 7) is 3.76. The minimum Gasteiger partial charge on any atom is -0.393 e. The number of nitrogens with zero attached hydrogens (tertiary/aromatic N) is 4. The average Bonchev–Trinajstić information content (AvgIpc) is 2.38. The molecular formula is C7H14N4O. The van der Waals surface area contributed by atoms with E-state index in [9.17, 15) is 5.11 Å². The third kappa shape index (κ3) is 1.61. The topological polar surface area (TPSA) is 63.8 Å². The van der Waals surface area contributed by atoms with Crippen LogP contribution < -0.4 is 0 Å². The molecule has 2 atom stereocenters. The molecule has 5 nitrogen and oxygen atoms in total. The number of hydrogen-bond acceptors (Lipinski definition) is 4. The van der Waals surface area contributed by atoms with Crippen molar-refractivity contribution in [3.63, 3.8) is 0 Å². The van der Waals surface area contributed by atoms with Crippen molar-refractivity contribution in [3.05, 3.63) is 5.82 Å². The van der Waals surface area contributed by atoms with Gasteiger partial charge >= 0.3 is 0 Å². The van der Waals surface area contributed by atoms with Gasteiger partial charge in [-0.1, -0.05) is 6.92 Å². The minimum atomic E-state index is -0.403. The molecule has 0 aliphatic heterocycles. The van der Waals surface area contributed by atoms with E-state index in [4.69, 9.17) is 0 Å². The Morgan fingerprint density at radius 3 is 2.58 bits per heavy atom. The maximum Gasteiger partial charge on any atom is 0.156 e. The average molecular weight is 170 g/mol. The third-order valence-corrected chi connectivity index (χ3v) is 2.01. The van der Waals surface area contributed by atoms with E-state index in [1.54, 1.807) is 18.7 Å². The summed E-state index contributed by atoms with van der Waals surface area (Å²) in [4.78, 5) is 0. The Kier molecular flexibility index (Phi) is 2.75. The van der Waals surface area contributed by atoms with Gasteiger partial charge in [0.1, 0.15) is 0 Å². The van der Waals surface area contributed by atoms with Gasteiger partial charge in [0.05, 0.1) is 6.10 Å². The normalized spacial score (nSPS) is 16.0. The van der Waals surface area contributed by atoms with E-state index in [1.807, 2.05) is 6.92 Å². The van der Waals surface area contributed by atoms with E-state index in [2.05, 4.69) is 15.5 Å². The third-order valence-electron chi connectivity index (χ3n) is 2.01. The van der Waals surface area contributed by atoms with E-state index in [-0.39, 0.29) is 5.92 Å². The fourth-order valence-corrected chi connectivity index (χ4v) is 1.29.